The van der Waals surface area contributed by atoms with Gasteiger partial charge in [-0.1, -0.05) is 23.2 Å². The van der Waals surface area contributed by atoms with Crippen molar-refractivity contribution >= 4 is 35.2 Å². The summed E-state index contributed by atoms with van der Waals surface area (Å²) in [6, 6.07) is 5.27. The highest BCUT2D eigenvalue weighted by Crippen LogP contribution is 2.23. The minimum atomic E-state index is -0.402. The van der Waals surface area contributed by atoms with Gasteiger partial charge in [0.2, 0.25) is 0 Å². The number of carbonyl (C=O) groups excluding carboxylic acids is 1. The van der Waals surface area contributed by atoms with E-state index in [2.05, 4.69) is 5.32 Å². The van der Waals surface area contributed by atoms with Gasteiger partial charge in [-0.05, 0) is 31.0 Å². The second kappa shape index (κ2) is 6.57. The van der Waals surface area contributed by atoms with Crippen molar-refractivity contribution in [3.05, 3.63) is 28.2 Å². The van der Waals surface area contributed by atoms with Crippen molar-refractivity contribution in [1.29, 1.82) is 0 Å². The maximum Gasteiger partial charge on any atom is 0.157 e. The van der Waals surface area contributed by atoms with Crippen LogP contribution in [0.2, 0.25) is 10.0 Å². The van der Waals surface area contributed by atoms with Gasteiger partial charge in [-0.2, -0.15) is 0 Å². The zero-order valence-electron chi connectivity index (χ0n) is 10.5. The summed E-state index contributed by atoms with van der Waals surface area (Å²) >= 11 is 11.9. The Hall–Kier alpha value is -0.810. The van der Waals surface area contributed by atoms with E-state index < -0.39 is 6.17 Å². The van der Waals surface area contributed by atoms with Crippen LogP contribution in [0, 0.1) is 0 Å². The number of piperidine rings is 1. The van der Waals surface area contributed by atoms with Crippen LogP contribution in [0.5, 0.6) is 0 Å². The summed E-state index contributed by atoms with van der Waals surface area (Å²) in [4.78, 5) is 13.3. The van der Waals surface area contributed by atoms with Gasteiger partial charge in [-0.25, -0.2) is 0 Å². The first kappa shape index (κ1) is 14.6. The van der Waals surface area contributed by atoms with E-state index in [0.717, 1.165) is 31.4 Å². The summed E-state index contributed by atoms with van der Waals surface area (Å²) in [5.74, 6) is 0. The monoisotopic (exact) mass is 301 g/mol. The molecule has 1 aromatic rings. The zero-order chi connectivity index (χ0) is 13.8. The Balaban J connectivity index is 2.07. The average Bonchev–Trinajstić information content (AvgIpc) is 2.34. The molecule has 6 heteroatoms. The summed E-state index contributed by atoms with van der Waals surface area (Å²) in [5, 5.41) is 4.21. The molecule has 104 valence electrons. The smallest absolute Gasteiger partial charge is 0.157 e. The molecule has 4 nitrogen and oxygen atoms in total. The summed E-state index contributed by atoms with van der Waals surface area (Å²) in [6.07, 6.45) is 2.49. The lowest BCUT2D eigenvalue weighted by Gasteiger charge is -2.35. The van der Waals surface area contributed by atoms with E-state index in [0.29, 0.717) is 16.6 Å². The Morgan fingerprint density at radius 2 is 2.05 bits per heavy atom. The second-order valence-electron chi connectivity index (χ2n) is 4.78. The van der Waals surface area contributed by atoms with E-state index >= 15 is 0 Å². The van der Waals surface area contributed by atoms with Gasteiger partial charge < -0.3 is 11.1 Å². The van der Waals surface area contributed by atoms with Gasteiger partial charge in [0.05, 0.1) is 0 Å². The van der Waals surface area contributed by atoms with E-state index in [4.69, 9.17) is 28.9 Å². The molecule has 19 heavy (non-hydrogen) atoms. The molecule has 0 saturated carbocycles. The number of aldehydes is 1. The van der Waals surface area contributed by atoms with Gasteiger partial charge in [0, 0.05) is 34.9 Å². The molecule has 1 aliphatic rings. The Labute approximate surface area is 122 Å². The standard InChI is InChI=1S/C13H17Cl2N3O/c14-9-4-10(15)6-12(5-9)17-13(8-19)18-3-1-2-11(16)7-18/h4-6,8,11,13,17H,1-3,7,16H2/t11?,13-/m1/s1. The minimum absolute atomic E-state index is 0.126. The number of carbonyl (C=O) groups is 1. The maximum absolute atomic E-state index is 11.3. The van der Waals surface area contributed by atoms with Crippen LogP contribution in [-0.4, -0.2) is 36.5 Å². The molecule has 1 heterocycles. The van der Waals surface area contributed by atoms with Crippen molar-refractivity contribution in [1.82, 2.24) is 4.90 Å². The molecule has 0 aromatic heterocycles. The first-order valence-electron chi connectivity index (χ1n) is 6.26. The topological polar surface area (TPSA) is 58.4 Å². The van der Waals surface area contributed by atoms with Crippen molar-refractivity contribution in [3.63, 3.8) is 0 Å². The van der Waals surface area contributed by atoms with Crippen LogP contribution in [0.4, 0.5) is 5.69 Å². The first-order chi connectivity index (χ1) is 9.08. The quantitative estimate of drug-likeness (QED) is 0.838. The SMILES string of the molecule is NC1CCCN([C@H](C=O)Nc2cc(Cl)cc(Cl)c2)C1. The van der Waals surface area contributed by atoms with E-state index in [-0.39, 0.29) is 6.04 Å². The molecule has 1 unspecified atom stereocenters. The number of nitrogens with two attached hydrogens (primary N) is 1. The fourth-order valence-corrected chi connectivity index (χ4v) is 2.84. The van der Waals surface area contributed by atoms with Crippen LogP contribution >= 0.6 is 23.2 Å². The highest BCUT2D eigenvalue weighted by Gasteiger charge is 2.23. The predicted octanol–water partition coefficient (Wildman–Crippen LogP) is 2.35. The van der Waals surface area contributed by atoms with Crippen molar-refractivity contribution in [2.45, 2.75) is 25.0 Å². The van der Waals surface area contributed by atoms with Crippen LogP contribution < -0.4 is 11.1 Å². The number of rotatable bonds is 4. The molecule has 1 saturated heterocycles. The average molecular weight is 302 g/mol. The minimum Gasteiger partial charge on any atom is -0.364 e. The Kier molecular flexibility index (Phi) is 5.05. The molecule has 3 N–H and O–H groups in total. The third-order valence-corrected chi connectivity index (χ3v) is 3.63. The molecule has 2 atom stereocenters. The largest absolute Gasteiger partial charge is 0.364 e. The van der Waals surface area contributed by atoms with Crippen molar-refractivity contribution in [2.24, 2.45) is 5.73 Å². The van der Waals surface area contributed by atoms with Gasteiger partial charge in [0.25, 0.3) is 0 Å². The fourth-order valence-electron chi connectivity index (χ4n) is 2.31. The summed E-state index contributed by atoms with van der Waals surface area (Å²) in [5.41, 5.74) is 6.66. The number of nitrogens with one attached hydrogen (secondary N) is 1. The van der Waals surface area contributed by atoms with E-state index in [1.54, 1.807) is 18.2 Å². The third kappa shape index (κ3) is 4.08. The molecule has 0 bridgehead atoms. The Morgan fingerprint density at radius 1 is 1.37 bits per heavy atom. The summed E-state index contributed by atoms with van der Waals surface area (Å²) in [6.45, 7) is 1.57. The number of nitrogens with zero attached hydrogens (tertiary/aromatic N) is 1. The van der Waals surface area contributed by atoms with E-state index in [9.17, 15) is 4.79 Å². The molecule has 1 fully saturated rings. The lowest BCUT2D eigenvalue weighted by Crippen LogP contribution is -2.51. The van der Waals surface area contributed by atoms with Gasteiger partial charge in [-0.15, -0.1) is 0 Å². The number of anilines is 1. The fraction of sp³-hybridized carbons (Fsp3) is 0.462. The van der Waals surface area contributed by atoms with E-state index in [1.807, 2.05) is 4.90 Å². The van der Waals surface area contributed by atoms with Crippen molar-refractivity contribution in [2.75, 3.05) is 18.4 Å². The first-order valence-corrected chi connectivity index (χ1v) is 7.01. The third-order valence-electron chi connectivity index (χ3n) is 3.19. The Morgan fingerprint density at radius 3 is 2.63 bits per heavy atom. The van der Waals surface area contributed by atoms with Crippen LogP contribution in [0.25, 0.3) is 0 Å². The highest BCUT2D eigenvalue weighted by atomic mass is 35.5. The van der Waals surface area contributed by atoms with Gasteiger partial charge in [0.15, 0.2) is 6.29 Å². The lowest BCUT2D eigenvalue weighted by atomic mass is 10.1. The number of benzene rings is 1. The molecular weight excluding hydrogens is 285 g/mol. The van der Waals surface area contributed by atoms with Crippen LogP contribution in [0.1, 0.15) is 12.8 Å². The molecule has 0 radical (unpaired) electrons. The molecular formula is C13H17Cl2N3O. The van der Waals surface area contributed by atoms with Gasteiger partial charge in [-0.3, -0.25) is 9.69 Å². The van der Waals surface area contributed by atoms with Crippen LogP contribution in [-0.2, 0) is 4.79 Å². The summed E-state index contributed by atoms with van der Waals surface area (Å²) < 4.78 is 0. The molecule has 0 spiro atoms. The molecule has 0 aliphatic carbocycles. The van der Waals surface area contributed by atoms with Gasteiger partial charge in [0.1, 0.15) is 6.17 Å². The highest BCUT2D eigenvalue weighted by molar-refractivity contribution is 6.35. The predicted molar refractivity (Wildman–Crippen MR) is 78.7 cm³/mol. The normalized spacial score (nSPS) is 21.9. The number of hydrogen-bond acceptors (Lipinski definition) is 4. The molecule has 0 amide bonds. The van der Waals surface area contributed by atoms with Crippen LogP contribution in [0.15, 0.2) is 18.2 Å². The molecule has 2 rings (SSSR count). The Bertz CT molecular complexity index is 435. The lowest BCUT2D eigenvalue weighted by molar-refractivity contribution is -0.112. The summed E-state index contributed by atoms with van der Waals surface area (Å²) in [7, 11) is 0. The second-order valence-corrected chi connectivity index (χ2v) is 5.65. The van der Waals surface area contributed by atoms with Crippen molar-refractivity contribution in [3.8, 4) is 0 Å². The number of hydrogen-bond donors (Lipinski definition) is 2. The molecule has 1 aliphatic heterocycles. The molecule has 1 aromatic carbocycles. The van der Waals surface area contributed by atoms with E-state index in [1.165, 1.54) is 0 Å². The van der Waals surface area contributed by atoms with Crippen molar-refractivity contribution < 1.29 is 4.79 Å². The number of halogens is 2. The number of likely N-dealkylation sites (tertiary alicyclic amines) is 1. The van der Waals surface area contributed by atoms with Crippen LogP contribution in [0.3, 0.4) is 0 Å². The zero-order valence-corrected chi connectivity index (χ0v) is 12.0. The maximum atomic E-state index is 11.3. The van der Waals surface area contributed by atoms with Gasteiger partial charge >= 0.3 is 0 Å².